The van der Waals surface area contributed by atoms with E-state index in [0.29, 0.717) is 5.69 Å². The van der Waals surface area contributed by atoms with Crippen LogP contribution in [0.5, 0.6) is 5.75 Å². The second-order valence-corrected chi connectivity index (χ2v) is 11.2. The maximum atomic E-state index is 10.0. The van der Waals surface area contributed by atoms with Crippen molar-refractivity contribution in [2.24, 2.45) is 10.2 Å². The van der Waals surface area contributed by atoms with E-state index < -0.39 is 23.3 Å². The summed E-state index contributed by atoms with van der Waals surface area (Å²) in [4.78, 5) is 0. The van der Waals surface area contributed by atoms with E-state index in [1.165, 1.54) is 3.07 Å². The minimum absolute atomic E-state index is 0.131. The first kappa shape index (κ1) is 14.5. The fourth-order valence-corrected chi connectivity index (χ4v) is 5.28. The van der Waals surface area contributed by atoms with E-state index in [0.717, 1.165) is 16.5 Å². The van der Waals surface area contributed by atoms with Crippen LogP contribution >= 0.6 is 8.25 Å². The van der Waals surface area contributed by atoms with E-state index in [1.54, 1.807) is 6.07 Å². The number of rotatable bonds is 3. The zero-order valence-electron chi connectivity index (χ0n) is 11.2. The molecular formula is C16H11ClHgN2O. The first-order valence-electron chi connectivity index (χ1n) is 6.55. The maximum absolute atomic E-state index is 10.0. The van der Waals surface area contributed by atoms with Gasteiger partial charge in [-0.25, -0.2) is 0 Å². The molecule has 21 heavy (non-hydrogen) atoms. The van der Waals surface area contributed by atoms with Crippen molar-refractivity contribution >= 4 is 33.5 Å². The average Bonchev–Trinajstić information content (AvgIpc) is 2.54. The van der Waals surface area contributed by atoms with E-state index in [1.807, 2.05) is 54.6 Å². The van der Waals surface area contributed by atoms with Crippen LogP contribution in [0.1, 0.15) is 0 Å². The molecule has 0 aliphatic heterocycles. The first-order valence-corrected chi connectivity index (χ1v) is 16.1. The Kier molecular flexibility index (Phi) is 4.51. The van der Waals surface area contributed by atoms with Crippen LogP contribution in [0.2, 0.25) is 0 Å². The van der Waals surface area contributed by atoms with Gasteiger partial charge in [0.05, 0.1) is 0 Å². The van der Waals surface area contributed by atoms with Crippen LogP contribution in [-0.4, -0.2) is 5.11 Å². The molecule has 0 aliphatic rings. The predicted molar refractivity (Wildman–Crippen MR) is 81.7 cm³/mol. The first-order chi connectivity index (χ1) is 10.3. The van der Waals surface area contributed by atoms with Crippen LogP contribution in [0.15, 0.2) is 70.9 Å². The number of benzene rings is 3. The van der Waals surface area contributed by atoms with Crippen LogP contribution in [-0.2, 0) is 23.3 Å². The molecule has 0 saturated carbocycles. The molecule has 3 rings (SSSR count). The van der Waals surface area contributed by atoms with Gasteiger partial charge >= 0.3 is 139 Å². The van der Waals surface area contributed by atoms with Crippen molar-refractivity contribution in [3.63, 3.8) is 0 Å². The molecule has 0 radical (unpaired) electrons. The third-order valence-electron chi connectivity index (χ3n) is 3.24. The van der Waals surface area contributed by atoms with Gasteiger partial charge in [-0.1, -0.05) is 0 Å². The summed E-state index contributed by atoms with van der Waals surface area (Å²) in [6, 6.07) is 19.1. The molecule has 0 spiro atoms. The Balaban J connectivity index is 2.00. The second-order valence-electron chi connectivity index (χ2n) is 4.65. The Labute approximate surface area is 138 Å². The van der Waals surface area contributed by atoms with Crippen molar-refractivity contribution in [3.05, 3.63) is 60.7 Å². The Morgan fingerprint density at radius 2 is 1.62 bits per heavy atom. The Morgan fingerprint density at radius 1 is 0.857 bits per heavy atom. The van der Waals surface area contributed by atoms with Crippen LogP contribution in [0, 0.1) is 0 Å². The number of phenols is 1. The number of fused-ring (bicyclic) bond motifs is 1. The van der Waals surface area contributed by atoms with Gasteiger partial charge in [0, 0.05) is 0 Å². The van der Waals surface area contributed by atoms with E-state index in [2.05, 4.69) is 10.2 Å². The molecular weight excluding hydrogens is 472 g/mol. The van der Waals surface area contributed by atoms with Crippen molar-refractivity contribution in [3.8, 4) is 5.75 Å². The third kappa shape index (κ3) is 3.25. The van der Waals surface area contributed by atoms with Gasteiger partial charge in [0.15, 0.2) is 0 Å². The quantitative estimate of drug-likeness (QED) is 0.422. The van der Waals surface area contributed by atoms with Crippen LogP contribution in [0.25, 0.3) is 10.8 Å². The molecule has 3 aromatic carbocycles. The van der Waals surface area contributed by atoms with Gasteiger partial charge in [-0.05, 0) is 0 Å². The van der Waals surface area contributed by atoms with Gasteiger partial charge in [0.2, 0.25) is 0 Å². The zero-order chi connectivity index (χ0) is 14.7. The van der Waals surface area contributed by atoms with E-state index >= 15 is 0 Å². The molecule has 100 valence electrons. The summed E-state index contributed by atoms with van der Waals surface area (Å²) in [6.07, 6.45) is 0. The molecule has 0 heterocycles. The summed E-state index contributed by atoms with van der Waals surface area (Å²) in [6.45, 7) is 0. The Hall–Kier alpha value is -1.45. The fourth-order valence-electron chi connectivity index (χ4n) is 2.11. The molecule has 0 fully saturated rings. The summed E-state index contributed by atoms with van der Waals surface area (Å²) in [5.41, 5.74) is 1.25. The molecule has 0 bridgehead atoms. The standard InChI is InChI=1S/C16H11N2O.ClH.Hg/c19-15-11-10-12-6-4-5-9-14(12)16(15)18-17-13-7-2-1-3-8-13;;/h2-11,19H;1H;/q;;+1/p-1/b18-17+;;. The van der Waals surface area contributed by atoms with Crippen LogP contribution < -0.4 is 3.07 Å². The summed E-state index contributed by atoms with van der Waals surface area (Å²) in [5, 5.41) is 20.3. The molecule has 3 aromatic rings. The number of phenolic OH excluding ortho intramolecular Hbond substituents is 1. The molecule has 0 aromatic heterocycles. The van der Waals surface area contributed by atoms with Gasteiger partial charge in [-0.15, -0.1) is 0 Å². The molecule has 1 N–H and O–H groups in total. The number of hydrogen-bond donors (Lipinski definition) is 1. The fraction of sp³-hybridized carbons (Fsp3) is 0. The monoisotopic (exact) mass is 484 g/mol. The minimum atomic E-state index is -1.35. The third-order valence-corrected chi connectivity index (χ3v) is 8.98. The van der Waals surface area contributed by atoms with Crippen molar-refractivity contribution in [1.82, 2.24) is 0 Å². The molecule has 0 amide bonds. The molecule has 0 atom stereocenters. The zero-order valence-corrected chi connectivity index (χ0v) is 17.5. The van der Waals surface area contributed by atoms with Gasteiger partial charge in [0.25, 0.3) is 0 Å². The predicted octanol–water partition coefficient (Wildman–Crippen LogP) is 4.82. The number of azo groups is 1. The number of aromatic hydroxyl groups is 1. The van der Waals surface area contributed by atoms with Gasteiger partial charge in [-0.2, -0.15) is 0 Å². The molecule has 0 aliphatic carbocycles. The summed E-state index contributed by atoms with van der Waals surface area (Å²) >= 11 is -1.35. The summed E-state index contributed by atoms with van der Waals surface area (Å²) < 4.78 is 1.25. The number of halogens is 1. The summed E-state index contributed by atoms with van der Waals surface area (Å²) in [5.74, 6) is 0.131. The van der Waals surface area contributed by atoms with Crippen molar-refractivity contribution in [2.45, 2.75) is 0 Å². The Bertz CT molecular complexity index is 803. The van der Waals surface area contributed by atoms with Crippen LogP contribution in [0.4, 0.5) is 11.4 Å². The Morgan fingerprint density at radius 3 is 2.38 bits per heavy atom. The van der Waals surface area contributed by atoms with Crippen molar-refractivity contribution in [1.29, 1.82) is 0 Å². The SMILES string of the molecule is Oc1ccc2ccccc2c1/N=N/c1cc[c]([Hg][Cl])cc1. The number of hydrogen-bond acceptors (Lipinski definition) is 3. The van der Waals surface area contributed by atoms with Gasteiger partial charge in [0.1, 0.15) is 0 Å². The van der Waals surface area contributed by atoms with Crippen molar-refractivity contribution in [2.75, 3.05) is 0 Å². The van der Waals surface area contributed by atoms with E-state index in [4.69, 9.17) is 8.25 Å². The normalized spacial score (nSPS) is 10.9. The average molecular weight is 483 g/mol. The second kappa shape index (κ2) is 6.54. The number of nitrogens with zero attached hydrogens (tertiary/aromatic N) is 2. The topological polar surface area (TPSA) is 45.0 Å². The molecule has 0 unspecified atom stereocenters. The van der Waals surface area contributed by atoms with Crippen LogP contribution in [0.3, 0.4) is 0 Å². The van der Waals surface area contributed by atoms with E-state index in [9.17, 15) is 5.11 Å². The molecule has 5 heteroatoms. The van der Waals surface area contributed by atoms with Gasteiger partial charge < -0.3 is 0 Å². The van der Waals surface area contributed by atoms with Crippen molar-refractivity contribution < 1.29 is 28.4 Å². The summed E-state index contributed by atoms with van der Waals surface area (Å²) in [7, 11) is 5.97. The molecule has 0 saturated heterocycles. The van der Waals surface area contributed by atoms with Gasteiger partial charge in [-0.3, -0.25) is 0 Å². The van der Waals surface area contributed by atoms with E-state index in [-0.39, 0.29) is 5.75 Å². The molecule has 3 nitrogen and oxygen atoms in total.